The van der Waals surface area contributed by atoms with Crippen LogP contribution in [0, 0.1) is 5.92 Å². The first kappa shape index (κ1) is 31.4. The van der Waals surface area contributed by atoms with E-state index in [4.69, 9.17) is 15.5 Å². The van der Waals surface area contributed by atoms with Crippen molar-refractivity contribution in [3.63, 3.8) is 0 Å². The number of nitrogens with two attached hydrogens (primary N) is 1. The van der Waals surface area contributed by atoms with Gasteiger partial charge in [-0.3, -0.25) is 9.69 Å². The Bertz CT molecular complexity index is 1110. The molecule has 2 N–H and O–H groups in total. The van der Waals surface area contributed by atoms with Crippen LogP contribution in [0.5, 0.6) is 0 Å². The number of rotatable bonds is 9. The van der Waals surface area contributed by atoms with Crippen LogP contribution in [0.2, 0.25) is 0 Å². The molecule has 2 fully saturated rings. The summed E-state index contributed by atoms with van der Waals surface area (Å²) in [7, 11) is 2.04. The summed E-state index contributed by atoms with van der Waals surface area (Å²) in [5.74, 6) is 1.41. The predicted molar refractivity (Wildman–Crippen MR) is 167 cm³/mol. The van der Waals surface area contributed by atoms with E-state index in [9.17, 15) is 4.79 Å². The second-order valence-electron chi connectivity index (χ2n) is 10.4. The molecule has 2 atom stereocenters. The van der Waals surface area contributed by atoms with E-state index in [1.54, 1.807) is 0 Å². The number of aliphatic imine (C=N–C) groups is 1. The largest absolute Gasteiger partial charge is 0.398 e. The molecule has 2 saturated heterocycles. The molecule has 40 heavy (non-hydrogen) atoms. The van der Waals surface area contributed by atoms with E-state index < -0.39 is 0 Å². The molecule has 0 bridgehead atoms. The average Bonchev–Trinajstić information content (AvgIpc) is 3.79. The zero-order valence-electron chi connectivity index (χ0n) is 25.3. The molecular weight excluding hydrogens is 498 g/mol. The summed E-state index contributed by atoms with van der Waals surface area (Å²) in [6, 6.07) is -0.323. The van der Waals surface area contributed by atoms with Crippen LogP contribution in [-0.4, -0.2) is 84.8 Å². The number of carbonyl (C=O) groups excluding carboxylic acids is 1. The van der Waals surface area contributed by atoms with Gasteiger partial charge in [0.1, 0.15) is 11.9 Å². The third kappa shape index (κ3) is 8.67. The highest BCUT2D eigenvalue weighted by atomic mass is 16.5. The fraction of sp³-hybridized carbons (Fsp3) is 0.515. The Hall–Kier alpha value is -3.16. The number of allylic oxidation sites excluding steroid dienone is 8. The summed E-state index contributed by atoms with van der Waals surface area (Å²) in [6.45, 7) is 14.5. The maximum Gasteiger partial charge on any atom is 0.245 e. The van der Waals surface area contributed by atoms with Crippen molar-refractivity contribution < 1.29 is 9.53 Å². The normalized spacial score (nSPS) is 24.3. The van der Waals surface area contributed by atoms with E-state index in [1.165, 1.54) is 0 Å². The quantitative estimate of drug-likeness (QED) is 0.250. The fourth-order valence-corrected chi connectivity index (χ4v) is 5.13. The smallest absolute Gasteiger partial charge is 0.245 e. The number of amides is 1. The summed E-state index contributed by atoms with van der Waals surface area (Å²) in [5.41, 5.74) is 10.1. The van der Waals surface area contributed by atoms with Gasteiger partial charge >= 0.3 is 0 Å². The molecule has 1 amide bonds. The van der Waals surface area contributed by atoms with Gasteiger partial charge in [-0.25, -0.2) is 4.99 Å². The number of carbonyl (C=O) groups is 1. The van der Waals surface area contributed by atoms with Gasteiger partial charge in [0, 0.05) is 43.5 Å². The van der Waals surface area contributed by atoms with Gasteiger partial charge in [0.15, 0.2) is 0 Å². The lowest BCUT2D eigenvalue weighted by molar-refractivity contribution is -0.140. The number of morpholine rings is 1. The van der Waals surface area contributed by atoms with E-state index >= 15 is 0 Å². The van der Waals surface area contributed by atoms with E-state index in [2.05, 4.69) is 59.3 Å². The maximum atomic E-state index is 13.7. The average molecular weight is 548 g/mol. The van der Waals surface area contributed by atoms with E-state index in [-0.39, 0.29) is 18.0 Å². The van der Waals surface area contributed by atoms with E-state index in [0.717, 1.165) is 55.2 Å². The van der Waals surface area contributed by atoms with E-state index in [1.807, 2.05) is 57.9 Å². The Morgan fingerprint density at radius 2 is 1.88 bits per heavy atom. The van der Waals surface area contributed by atoms with Crippen molar-refractivity contribution >= 4 is 11.6 Å². The van der Waals surface area contributed by atoms with Gasteiger partial charge in [-0.1, -0.05) is 62.5 Å². The molecule has 2 aliphatic carbocycles. The molecule has 7 nitrogen and oxygen atoms in total. The van der Waals surface area contributed by atoms with Crippen LogP contribution in [0.25, 0.3) is 0 Å². The minimum atomic E-state index is -0.228. The Morgan fingerprint density at radius 1 is 1.15 bits per heavy atom. The molecule has 2 aliphatic heterocycles. The summed E-state index contributed by atoms with van der Waals surface area (Å²) >= 11 is 0. The van der Waals surface area contributed by atoms with Crippen LogP contribution >= 0.6 is 0 Å². The van der Waals surface area contributed by atoms with Crippen molar-refractivity contribution in [2.24, 2.45) is 16.6 Å². The van der Waals surface area contributed by atoms with Gasteiger partial charge in [-0.2, -0.15) is 0 Å². The van der Waals surface area contributed by atoms with Gasteiger partial charge in [-0.15, -0.1) is 0 Å². The Labute approximate surface area is 241 Å². The second kappa shape index (κ2) is 15.6. The molecule has 0 aromatic carbocycles. The van der Waals surface area contributed by atoms with Crippen LogP contribution in [0.1, 0.15) is 47.5 Å². The highest BCUT2D eigenvalue weighted by Gasteiger charge is 2.36. The molecule has 218 valence electrons. The fourth-order valence-electron chi connectivity index (χ4n) is 5.13. The Kier molecular flexibility index (Phi) is 12.2. The molecule has 4 aliphatic rings. The predicted octanol–water partition coefficient (Wildman–Crippen LogP) is 4.99. The third-order valence-electron chi connectivity index (χ3n) is 7.33. The second-order valence-corrected chi connectivity index (χ2v) is 10.4. The standard InChI is InChI=1S/C31H43N5O2.C2H6/c1-5-9-27(22-25-12-13-25)28(32)20-23(2)33-29(35-16-18-38-19-17-35)21-24(3)36-15-14-34(4)30(31(36)37)26-10-7-6-8-11-26;1-2/h5,7,9-13,20-22,24-25,30H,6,8,14-19,32H2,1-4H3;1-2H3/b9-5-,27-22+,28-20-,29-21+,33-23+;. The molecule has 0 aromatic heterocycles. The SMILES string of the molecule is CC.C\C=C/C(=C\C1C=C1)C(/N)=C/C(C)=N/C(=C\C(C)N1CCN(C)C(C2=CCCC=C2)C1=O)N1CCOCC1. The van der Waals surface area contributed by atoms with Gasteiger partial charge in [-0.05, 0) is 64.0 Å². The van der Waals surface area contributed by atoms with Crippen LogP contribution in [-0.2, 0) is 9.53 Å². The van der Waals surface area contributed by atoms with Crippen molar-refractivity contribution in [3.8, 4) is 0 Å². The van der Waals surface area contributed by atoms with E-state index in [0.29, 0.717) is 31.4 Å². The minimum Gasteiger partial charge on any atom is -0.398 e. The summed E-state index contributed by atoms with van der Waals surface area (Å²) in [6.07, 6.45) is 23.1. The Balaban J connectivity index is 0.00000216. The first-order valence-corrected chi connectivity index (χ1v) is 14.8. The van der Waals surface area contributed by atoms with Crippen molar-refractivity contribution in [1.82, 2.24) is 14.7 Å². The van der Waals surface area contributed by atoms with Crippen LogP contribution in [0.3, 0.4) is 0 Å². The summed E-state index contributed by atoms with van der Waals surface area (Å²) < 4.78 is 5.60. The number of hydrogen-bond donors (Lipinski definition) is 1. The van der Waals surface area contributed by atoms with Gasteiger partial charge in [0.05, 0.1) is 19.3 Å². The van der Waals surface area contributed by atoms with Crippen molar-refractivity contribution in [2.45, 2.75) is 59.5 Å². The molecule has 2 unspecified atom stereocenters. The van der Waals surface area contributed by atoms with Crippen LogP contribution in [0.15, 0.2) is 88.4 Å². The van der Waals surface area contributed by atoms with Gasteiger partial charge in [0.25, 0.3) is 0 Å². The highest BCUT2D eigenvalue weighted by molar-refractivity contribution is 5.94. The number of hydrogen-bond acceptors (Lipinski definition) is 6. The lowest BCUT2D eigenvalue weighted by Crippen LogP contribution is -2.58. The topological polar surface area (TPSA) is 74.4 Å². The van der Waals surface area contributed by atoms with Crippen LogP contribution in [0.4, 0.5) is 0 Å². The molecule has 0 saturated carbocycles. The van der Waals surface area contributed by atoms with Crippen molar-refractivity contribution in [3.05, 3.63) is 83.4 Å². The lowest BCUT2D eigenvalue weighted by Gasteiger charge is -2.42. The number of nitrogens with zero attached hydrogens (tertiary/aromatic N) is 4. The van der Waals surface area contributed by atoms with Crippen molar-refractivity contribution in [1.29, 1.82) is 0 Å². The Morgan fingerprint density at radius 3 is 2.50 bits per heavy atom. The molecule has 0 radical (unpaired) electrons. The lowest BCUT2D eigenvalue weighted by atomic mass is 9.96. The molecule has 2 heterocycles. The van der Waals surface area contributed by atoms with Gasteiger partial charge in [0.2, 0.25) is 5.91 Å². The van der Waals surface area contributed by atoms with Gasteiger partial charge < -0.3 is 20.3 Å². The first-order valence-electron chi connectivity index (χ1n) is 14.8. The summed E-state index contributed by atoms with van der Waals surface area (Å²) in [4.78, 5) is 25.1. The summed E-state index contributed by atoms with van der Waals surface area (Å²) in [5, 5.41) is 0. The monoisotopic (exact) mass is 547 g/mol. The zero-order chi connectivity index (χ0) is 29.1. The molecular formula is C33H49N5O2. The minimum absolute atomic E-state index is 0.0954. The maximum absolute atomic E-state index is 13.7. The molecule has 0 spiro atoms. The number of likely N-dealkylation sites (N-methyl/N-ethyl adjacent to an activating group) is 1. The highest BCUT2D eigenvalue weighted by Crippen LogP contribution is 2.25. The van der Waals surface area contributed by atoms with Crippen LogP contribution < -0.4 is 5.73 Å². The van der Waals surface area contributed by atoms with Crippen molar-refractivity contribution in [2.75, 3.05) is 46.4 Å². The molecule has 4 rings (SSSR count). The third-order valence-corrected chi connectivity index (χ3v) is 7.33. The molecule has 7 heteroatoms. The number of ether oxygens (including phenoxy) is 1. The molecule has 0 aromatic rings. The number of piperazine rings is 1. The first-order chi connectivity index (χ1) is 19.4. The zero-order valence-corrected chi connectivity index (χ0v) is 25.3.